The molecule has 2 rings (SSSR count). The van der Waals surface area contributed by atoms with Crippen molar-refractivity contribution in [2.75, 3.05) is 0 Å². The second-order valence-electron chi connectivity index (χ2n) is 5.84. The highest BCUT2D eigenvalue weighted by molar-refractivity contribution is 7.49. The summed E-state index contributed by atoms with van der Waals surface area (Å²) in [6.45, 7) is 1.87. The van der Waals surface area contributed by atoms with Crippen LogP contribution >= 0.6 is 7.75 Å². The van der Waals surface area contributed by atoms with Gasteiger partial charge in [0.25, 0.3) is 0 Å². The molecule has 8 heteroatoms. The lowest BCUT2D eigenvalue weighted by molar-refractivity contribution is -0.110. The molecule has 1 aliphatic rings. The number of phenols is 1. The predicted molar refractivity (Wildman–Crippen MR) is 88.0 cm³/mol. The first kappa shape index (κ1) is 18.4. The molecule has 0 aromatic heterocycles. The van der Waals surface area contributed by atoms with E-state index in [4.69, 9.17) is 9.79 Å². The third kappa shape index (κ3) is 5.04. The van der Waals surface area contributed by atoms with Gasteiger partial charge in [-0.15, -0.1) is 0 Å². The number of hydrogen-bond donors (Lipinski definition) is 5. The SMILES string of the molecule is CC(CC(O)C1C=CC(=O)C=C1NP(=O)(O)O)c1cccc(O)c1. The second-order valence-corrected chi connectivity index (χ2v) is 7.15. The molecule has 130 valence electrons. The first-order chi connectivity index (χ1) is 11.2. The number of aliphatic hydroxyl groups excluding tert-OH is 1. The van der Waals surface area contributed by atoms with Gasteiger partial charge in [0.2, 0.25) is 0 Å². The number of phenolic OH excluding ortho intramolecular Hbond substituents is 1. The molecule has 0 saturated carbocycles. The van der Waals surface area contributed by atoms with Crippen LogP contribution in [0.25, 0.3) is 0 Å². The highest BCUT2D eigenvalue weighted by atomic mass is 31.2. The van der Waals surface area contributed by atoms with Gasteiger partial charge in [-0.25, -0.2) is 4.57 Å². The fourth-order valence-electron chi connectivity index (χ4n) is 2.69. The van der Waals surface area contributed by atoms with Crippen LogP contribution < -0.4 is 5.09 Å². The Morgan fingerprint density at radius 3 is 2.67 bits per heavy atom. The van der Waals surface area contributed by atoms with Crippen LogP contribution in [0.3, 0.4) is 0 Å². The van der Waals surface area contributed by atoms with Crippen LogP contribution in [-0.2, 0) is 9.36 Å². The van der Waals surface area contributed by atoms with Gasteiger partial charge in [0.05, 0.1) is 6.10 Å². The summed E-state index contributed by atoms with van der Waals surface area (Å²) in [7, 11) is -4.59. The zero-order valence-corrected chi connectivity index (χ0v) is 13.9. The van der Waals surface area contributed by atoms with E-state index < -0.39 is 25.6 Å². The number of aromatic hydroxyl groups is 1. The number of carbonyl (C=O) groups is 1. The minimum Gasteiger partial charge on any atom is -0.508 e. The van der Waals surface area contributed by atoms with Crippen molar-refractivity contribution in [3.8, 4) is 5.75 Å². The highest BCUT2D eigenvalue weighted by Crippen LogP contribution is 2.36. The molecule has 0 saturated heterocycles. The van der Waals surface area contributed by atoms with Crippen LogP contribution in [0.4, 0.5) is 0 Å². The third-order valence-corrected chi connectivity index (χ3v) is 4.40. The average Bonchev–Trinajstić information content (AvgIpc) is 2.45. The van der Waals surface area contributed by atoms with E-state index in [1.807, 2.05) is 18.1 Å². The number of ketones is 1. The Balaban J connectivity index is 2.13. The average molecular weight is 353 g/mol. The minimum absolute atomic E-state index is 0.00792. The largest absolute Gasteiger partial charge is 0.508 e. The Morgan fingerprint density at radius 1 is 1.33 bits per heavy atom. The topological polar surface area (TPSA) is 127 Å². The first-order valence-electron chi connectivity index (χ1n) is 7.40. The van der Waals surface area contributed by atoms with Gasteiger partial charge in [-0.3, -0.25) is 9.88 Å². The molecule has 3 unspecified atom stereocenters. The molecule has 0 amide bonds. The van der Waals surface area contributed by atoms with Gasteiger partial charge in [-0.05, 0) is 36.1 Å². The first-order valence-corrected chi connectivity index (χ1v) is 9.01. The summed E-state index contributed by atoms with van der Waals surface area (Å²) in [5.41, 5.74) is 0.824. The summed E-state index contributed by atoms with van der Waals surface area (Å²) in [5, 5.41) is 22.0. The van der Waals surface area contributed by atoms with Crippen molar-refractivity contribution >= 4 is 13.5 Å². The maximum absolute atomic E-state index is 11.4. The van der Waals surface area contributed by atoms with Gasteiger partial charge in [0, 0.05) is 17.7 Å². The molecule has 7 nitrogen and oxygen atoms in total. The molecular weight excluding hydrogens is 333 g/mol. The normalized spacial score (nSPS) is 20.4. The molecule has 3 atom stereocenters. The highest BCUT2D eigenvalue weighted by Gasteiger charge is 2.29. The van der Waals surface area contributed by atoms with Gasteiger partial charge >= 0.3 is 7.75 Å². The predicted octanol–water partition coefficient (Wildman–Crippen LogP) is 1.57. The van der Waals surface area contributed by atoms with Gasteiger partial charge < -0.3 is 20.0 Å². The Bertz CT molecular complexity index is 723. The lowest BCUT2D eigenvalue weighted by atomic mass is 9.86. The van der Waals surface area contributed by atoms with Crippen molar-refractivity contribution in [1.29, 1.82) is 0 Å². The van der Waals surface area contributed by atoms with Crippen LogP contribution in [0.15, 0.2) is 48.2 Å². The number of carbonyl (C=O) groups excluding carboxylic acids is 1. The summed E-state index contributed by atoms with van der Waals surface area (Å²) in [6.07, 6.45) is 3.09. The number of nitrogens with one attached hydrogen (secondary N) is 1. The Kier molecular flexibility index (Phi) is 5.62. The standard InChI is InChI=1S/C16H20NO6P/c1-10(11-3-2-4-12(18)8-11)7-16(20)14-6-5-13(19)9-15(14)17-24(21,22)23/h2-6,8-10,14,16,18,20H,7H2,1H3,(H3,17,21,22,23). The maximum atomic E-state index is 11.4. The van der Waals surface area contributed by atoms with Crippen molar-refractivity contribution in [1.82, 2.24) is 5.09 Å². The van der Waals surface area contributed by atoms with E-state index in [1.54, 1.807) is 18.2 Å². The molecule has 5 N–H and O–H groups in total. The molecule has 1 aliphatic carbocycles. The van der Waals surface area contributed by atoms with Crippen LogP contribution in [-0.4, -0.2) is 31.9 Å². The van der Waals surface area contributed by atoms with E-state index in [-0.39, 0.29) is 23.8 Å². The molecule has 0 bridgehead atoms. The van der Waals surface area contributed by atoms with Crippen molar-refractivity contribution < 1.29 is 29.4 Å². The zero-order chi connectivity index (χ0) is 17.9. The number of benzene rings is 1. The molecule has 1 aromatic rings. The van der Waals surface area contributed by atoms with Crippen molar-refractivity contribution in [2.45, 2.75) is 25.4 Å². The van der Waals surface area contributed by atoms with Crippen LogP contribution in [0, 0.1) is 5.92 Å². The molecule has 0 aliphatic heterocycles. The number of hydrogen-bond acceptors (Lipinski definition) is 4. The van der Waals surface area contributed by atoms with E-state index in [0.29, 0.717) is 0 Å². The summed E-state index contributed by atoms with van der Waals surface area (Å²) in [5.74, 6) is -1.11. The van der Waals surface area contributed by atoms with E-state index in [1.165, 1.54) is 12.2 Å². The van der Waals surface area contributed by atoms with Gasteiger partial charge in [-0.1, -0.05) is 25.1 Å². The van der Waals surface area contributed by atoms with E-state index >= 15 is 0 Å². The summed E-state index contributed by atoms with van der Waals surface area (Å²) in [4.78, 5) is 29.6. The molecule has 1 aromatic carbocycles. The third-order valence-electron chi connectivity index (χ3n) is 3.85. The van der Waals surface area contributed by atoms with Gasteiger partial charge in [0.1, 0.15) is 5.75 Å². The van der Waals surface area contributed by atoms with Crippen LogP contribution in [0.2, 0.25) is 0 Å². The van der Waals surface area contributed by atoms with E-state index in [2.05, 4.69) is 0 Å². The summed E-state index contributed by atoms with van der Waals surface area (Å²) in [6, 6.07) is 6.67. The van der Waals surface area contributed by atoms with Gasteiger partial charge in [-0.2, -0.15) is 0 Å². The Morgan fingerprint density at radius 2 is 2.04 bits per heavy atom. The number of aliphatic hydroxyl groups is 1. The molecule has 24 heavy (non-hydrogen) atoms. The quantitative estimate of drug-likeness (QED) is 0.491. The molecule has 0 heterocycles. The molecular formula is C16H20NO6P. The maximum Gasteiger partial charge on any atom is 0.427 e. The Hall–Kier alpha value is -1.92. The lowest BCUT2D eigenvalue weighted by Crippen LogP contribution is -2.30. The van der Waals surface area contributed by atoms with E-state index in [0.717, 1.165) is 11.6 Å². The van der Waals surface area contributed by atoms with Crippen LogP contribution in [0.5, 0.6) is 5.75 Å². The fraction of sp³-hybridized carbons (Fsp3) is 0.312. The zero-order valence-electron chi connectivity index (χ0n) is 13.0. The van der Waals surface area contributed by atoms with E-state index in [9.17, 15) is 19.6 Å². The number of rotatable bonds is 6. The monoisotopic (exact) mass is 353 g/mol. The minimum atomic E-state index is -4.59. The smallest absolute Gasteiger partial charge is 0.427 e. The summed E-state index contributed by atoms with van der Waals surface area (Å²) >= 11 is 0. The van der Waals surface area contributed by atoms with Crippen LogP contribution in [0.1, 0.15) is 24.8 Å². The fourth-order valence-corrected chi connectivity index (χ4v) is 3.24. The summed E-state index contributed by atoms with van der Waals surface area (Å²) < 4.78 is 11.2. The Labute approximate surface area is 139 Å². The van der Waals surface area contributed by atoms with Crippen molar-refractivity contribution in [2.24, 2.45) is 5.92 Å². The van der Waals surface area contributed by atoms with Crippen molar-refractivity contribution in [3.05, 3.63) is 53.8 Å². The van der Waals surface area contributed by atoms with Crippen molar-refractivity contribution in [3.63, 3.8) is 0 Å². The molecule has 0 spiro atoms. The van der Waals surface area contributed by atoms with Gasteiger partial charge in [0.15, 0.2) is 5.78 Å². The lowest BCUT2D eigenvalue weighted by Gasteiger charge is -2.27. The number of allylic oxidation sites excluding steroid dienone is 2. The molecule has 0 radical (unpaired) electrons. The molecule has 0 fully saturated rings. The second kappa shape index (κ2) is 7.32.